The Kier molecular flexibility index (Phi) is 11.7. The maximum absolute atomic E-state index is 14.1. The summed E-state index contributed by atoms with van der Waals surface area (Å²) in [5.41, 5.74) is 1.01. The third kappa shape index (κ3) is 7.55. The monoisotopic (exact) mass is 818 g/mol. The van der Waals surface area contributed by atoms with Crippen LogP contribution in [0.25, 0.3) is 0 Å². The van der Waals surface area contributed by atoms with Gasteiger partial charge in [0.15, 0.2) is 5.78 Å². The molecule has 1 aromatic rings. The minimum atomic E-state index is -0.983. The molecule has 1 N–H and O–H groups in total. The molecule has 0 spiro atoms. The summed E-state index contributed by atoms with van der Waals surface area (Å²) in [5, 5.41) is 3.75. The minimum Gasteiger partial charge on any atom is -0.462 e. The van der Waals surface area contributed by atoms with Gasteiger partial charge in [-0.1, -0.05) is 84.3 Å². The molecule has 0 aromatic heterocycles. The molecule has 1 amide bonds. The summed E-state index contributed by atoms with van der Waals surface area (Å²) in [4.78, 5) is 54.1. The van der Waals surface area contributed by atoms with Crippen molar-refractivity contribution in [1.29, 1.82) is 0 Å². The van der Waals surface area contributed by atoms with Crippen molar-refractivity contribution < 1.29 is 28.7 Å². The number of allylic oxidation sites excluding steroid dienone is 3. The molecule has 0 unspecified atom stereocenters. The lowest BCUT2D eigenvalue weighted by Gasteiger charge is -2.72. The van der Waals surface area contributed by atoms with Crippen LogP contribution in [0.3, 0.4) is 0 Å². The van der Waals surface area contributed by atoms with Gasteiger partial charge in [-0.2, -0.15) is 0 Å². The Labute approximate surface area is 354 Å². The van der Waals surface area contributed by atoms with Crippen molar-refractivity contribution in [2.24, 2.45) is 56.2 Å². The summed E-state index contributed by atoms with van der Waals surface area (Å²) in [5.74, 6) is 0.595. The number of carbonyl (C=O) groups excluding carboxylic acids is 4. The molecule has 320 valence electrons. The number of nitrogens with one attached hydrogen (secondary N) is 1. The van der Waals surface area contributed by atoms with Gasteiger partial charge in [-0.25, -0.2) is 0 Å². The number of hydrogen-bond acceptors (Lipinski definition) is 6. The van der Waals surface area contributed by atoms with Crippen LogP contribution in [0.2, 0.25) is 5.02 Å². The second kappa shape index (κ2) is 15.2. The molecule has 5 aliphatic carbocycles. The normalized spacial score (nSPS) is 35.1. The smallest absolute Gasteiger partial charge is 0.312 e. The predicted octanol–water partition coefficient (Wildman–Crippen LogP) is 11.7. The second-order valence-electron chi connectivity index (χ2n) is 22.3. The first-order chi connectivity index (χ1) is 26.7. The highest BCUT2D eigenvalue weighted by Gasteiger charge is 2.70. The zero-order valence-electron chi connectivity index (χ0n) is 37.8. The maximum atomic E-state index is 14.1. The molecule has 8 heteroatoms. The van der Waals surface area contributed by atoms with Gasteiger partial charge >= 0.3 is 11.9 Å². The largest absolute Gasteiger partial charge is 0.462 e. The van der Waals surface area contributed by atoms with Gasteiger partial charge in [-0.15, -0.1) is 0 Å². The molecule has 5 aliphatic rings. The molecular weight excluding hydrogens is 746 g/mol. The van der Waals surface area contributed by atoms with Crippen molar-refractivity contribution in [2.45, 2.75) is 172 Å². The number of halogens is 1. The standard InChI is InChI=1S/C50H72ClNO6/c1-30(2)41-35(53)28-50(25-22-39(54)52-31(3)32-16-14-15-17-34(32)51)27-26-48(12)33(42(41)50)18-19-37-47(11)23-21-38(46(9,10)36(47)20-24-49(37,48)13)57-40(55)29-45(7,8)43(56)58-44(4,5)6/h14-17,22,25,30-31,33,36-38H,18-21,23-24,26-29H2,1-13H3,(H,52,54)/b25-22+/t31-,33+,36-,37+,38-,47-,48+,49+,50-/m0/s1. The average molecular weight is 819 g/mol. The molecule has 7 nitrogen and oxygen atoms in total. The van der Waals surface area contributed by atoms with E-state index in [1.165, 1.54) is 5.57 Å². The third-order valence-electron chi connectivity index (χ3n) is 16.5. The summed E-state index contributed by atoms with van der Waals surface area (Å²) in [7, 11) is 0. The zero-order chi connectivity index (χ0) is 43.0. The fourth-order valence-corrected chi connectivity index (χ4v) is 13.8. The summed E-state index contributed by atoms with van der Waals surface area (Å²) in [6, 6.07) is 7.34. The lowest BCUT2D eigenvalue weighted by atomic mass is 9.33. The number of ether oxygens (including phenoxy) is 2. The van der Waals surface area contributed by atoms with Crippen LogP contribution in [0.4, 0.5) is 0 Å². The second-order valence-corrected chi connectivity index (χ2v) is 22.7. The lowest BCUT2D eigenvalue weighted by molar-refractivity contribution is -0.232. The number of rotatable bonds is 9. The Hall–Kier alpha value is -2.93. The van der Waals surface area contributed by atoms with Crippen LogP contribution in [-0.4, -0.2) is 35.3 Å². The van der Waals surface area contributed by atoms with Gasteiger partial charge < -0.3 is 14.8 Å². The molecule has 0 aliphatic heterocycles. The van der Waals surface area contributed by atoms with Crippen LogP contribution in [0.15, 0.2) is 47.6 Å². The van der Waals surface area contributed by atoms with Crippen molar-refractivity contribution in [1.82, 2.24) is 5.32 Å². The minimum absolute atomic E-state index is 0.0110. The van der Waals surface area contributed by atoms with E-state index in [0.717, 1.165) is 62.5 Å². The van der Waals surface area contributed by atoms with Gasteiger partial charge in [0.05, 0.1) is 17.9 Å². The first kappa shape index (κ1) is 44.6. The molecule has 9 atom stereocenters. The number of amides is 1. The fourth-order valence-electron chi connectivity index (χ4n) is 13.5. The number of ketones is 1. The van der Waals surface area contributed by atoms with E-state index in [2.05, 4.69) is 59.9 Å². The number of carbonyl (C=O) groups is 4. The molecular formula is C50H72ClNO6. The first-order valence-corrected chi connectivity index (χ1v) is 22.5. The average Bonchev–Trinajstić information content (AvgIpc) is 3.40. The molecule has 0 bridgehead atoms. The van der Waals surface area contributed by atoms with Crippen LogP contribution in [0.5, 0.6) is 0 Å². The van der Waals surface area contributed by atoms with E-state index in [9.17, 15) is 19.2 Å². The topological polar surface area (TPSA) is 98.8 Å². The molecule has 0 saturated heterocycles. The quantitative estimate of drug-likeness (QED) is 0.197. The number of Topliss-reactive ketones (excluding diaryl/α,β-unsaturated/α-hetero) is 1. The molecule has 0 heterocycles. The van der Waals surface area contributed by atoms with Gasteiger partial charge in [-0.05, 0) is 162 Å². The van der Waals surface area contributed by atoms with Gasteiger partial charge in [0.2, 0.25) is 5.91 Å². The molecule has 4 saturated carbocycles. The van der Waals surface area contributed by atoms with Crippen molar-refractivity contribution in [3.63, 3.8) is 0 Å². The molecule has 0 radical (unpaired) electrons. The highest BCUT2D eigenvalue weighted by molar-refractivity contribution is 6.31. The van der Waals surface area contributed by atoms with Gasteiger partial charge in [0.1, 0.15) is 11.7 Å². The zero-order valence-corrected chi connectivity index (χ0v) is 38.6. The molecule has 1 aromatic carbocycles. The summed E-state index contributed by atoms with van der Waals surface area (Å²) in [6.45, 7) is 27.6. The van der Waals surface area contributed by atoms with E-state index in [1.807, 2.05) is 52.0 Å². The van der Waals surface area contributed by atoms with E-state index in [1.54, 1.807) is 19.9 Å². The number of fused-ring (bicyclic) bond motifs is 7. The highest BCUT2D eigenvalue weighted by Crippen LogP contribution is 2.77. The molecule has 6 rings (SSSR count). The maximum Gasteiger partial charge on any atom is 0.312 e. The van der Waals surface area contributed by atoms with Crippen LogP contribution in [0, 0.1) is 56.2 Å². The Morgan fingerprint density at radius 2 is 1.55 bits per heavy atom. The van der Waals surface area contributed by atoms with Crippen LogP contribution in [-0.2, 0) is 28.7 Å². The van der Waals surface area contributed by atoms with Crippen LogP contribution in [0.1, 0.15) is 166 Å². The molecule has 58 heavy (non-hydrogen) atoms. The SMILES string of the molecule is CC(C)C1=C2[C@H]3CC[C@@H]4[C@@]5(C)CC[C@H](OC(=O)CC(C)(C)C(=O)OC(C)(C)C)C(C)(C)[C@@H]5CC[C@@]4(C)[C@]3(C)CC[C@@]2(/C=C/C(=O)N[C@@H](C)c2ccccc2Cl)CC1=O. The van der Waals surface area contributed by atoms with Crippen LogP contribution >= 0.6 is 11.6 Å². The van der Waals surface area contributed by atoms with Gasteiger partial charge in [0.25, 0.3) is 0 Å². The fraction of sp³-hybridized carbons (Fsp3) is 0.720. The summed E-state index contributed by atoms with van der Waals surface area (Å²) in [6.07, 6.45) is 11.9. The summed E-state index contributed by atoms with van der Waals surface area (Å²) < 4.78 is 12.0. The van der Waals surface area contributed by atoms with Crippen molar-refractivity contribution in [3.8, 4) is 0 Å². The van der Waals surface area contributed by atoms with Crippen molar-refractivity contribution in [2.75, 3.05) is 0 Å². The Bertz CT molecular complexity index is 1880. The highest BCUT2D eigenvalue weighted by atomic mass is 35.5. The Balaban J connectivity index is 1.23. The van der Waals surface area contributed by atoms with E-state index < -0.39 is 16.4 Å². The van der Waals surface area contributed by atoms with Gasteiger partial charge in [-0.3, -0.25) is 19.2 Å². The van der Waals surface area contributed by atoms with E-state index >= 15 is 0 Å². The van der Waals surface area contributed by atoms with E-state index in [-0.39, 0.29) is 75.7 Å². The third-order valence-corrected chi connectivity index (χ3v) is 16.9. The molecule has 4 fully saturated rings. The first-order valence-electron chi connectivity index (χ1n) is 22.2. The van der Waals surface area contributed by atoms with Crippen molar-refractivity contribution in [3.05, 3.63) is 58.1 Å². The Morgan fingerprint density at radius 3 is 2.19 bits per heavy atom. The van der Waals surface area contributed by atoms with Gasteiger partial charge in [0, 0.05) is 22.3 Å². The van der Waals surface area contributed by atoms with E-state index in [4.69, 9.17) is 21.1 Å². The van der Waals surface area contributed by atoms with Crippen molar-refractivity contribution >= 4 is 35.2 Å². The lowest BCUT2D eigenvalue weighted by Crippen LogP contribution is -2.65. The number of hydrogen-bond donors (Lipinski definition) is 1. The Morgan fingerprint density at radius 1 is 0.879 bits per heavy atom. The predicted molar refractivity (Wildman–Crippen MR) is 231 cm³/mol. The number of esters is 2. The summed E-state index contributed by atoms with van der Waals surface area (Å²) >= 11 is 6.46. The number of benzene rings is 1. The van der Waals surface area contributed by atoms with Crippen LogP contribution < -0.4 is 5.32 Å². The van der Waals surface area contributed by atoms with E-state index in [0.29, 0.717) is 23.3 Å².